The predicted octanol–water partition coefficient (Wildman–Crippen LogP) is 3.18. The van der Waals surface area contributed by atoms with Gasteiger partial charge in [0.1, 0.15) is 6.26 Å². The molecule has 1 amide bonds. The number of aromatic nitrogens is 2. The molecule has 7 heteroatoms. The number of carbonyl (C=O) groups is 1. The lowest BCUT2D eigenvalue weighted by Crippen LogP contribution is -2.28. The lowest BCUT2D eigenvalue weighted by molar-refractivity contribution is -0.125. The van der Waals surface area contributed by atoms with Crippen LogP contribution in [-0.4, -0.2) is 27.7 Å². The Morgan fingerprint density at radius 2 is 2.12 bits per heavy atom. The first-order valence-corrected chi connectivity index (χ1v) is 8.15. The van der Waals surface area contributed by atoms with Gasteiger partial charge in [-0.3, -0.25) is 9.78 Å². The molecule has 4 rings (SSSR count). The summed E-state index contributed by atoms with van der Waals surface area (Å²) in [5.41, 5.74) is 3.79. The van der Waals surface area contributed by atoms with Gasteiger partial charge in [0.2, 0.25) is 12.0 Å². The van der Waals surface area contributed by atoms with Gasteiger partial charge in [0.15, 0.2) is 0 Å². The van der Waals surface area contributed by atoms with Crippen LogP contribution in [0.1, 0.15) is 17.7 Å². The molecular formula is C19H16N4O3. The van der Waals surface area contributed by atoms with E-state index in [-0.39, 0.29) is 5.91 Å². The molecule has 0 aliphatic carbocycles. The number of oxime groups is 1. The van der Waals surface area contributed by atoms with Crippen molar-refractivity contribution >= 4 is 17.3 Å². The number of amides is 1. The maximum atomic E-state index is 12.5. The average molecular weight is 348 g/mol. The molecule has 0 saturated carbocycles. The summed E-state index contributed by atoms with van der Waals surface area (Å²) in [7, 11) is 0. The molecule has 1 aliphatic rings. The molecule has 0 fully saturated rings. The second kappa shape index (κ2) is 6.79. The van der Waals surface area contributed by atoms with E-state index in [2.05, 4.69) is 20.4 Å². The lowest BCUT2D eigenvalue weighted by atomic mass is 10.1. The van der Waals surface area contributed by atoms with E-state index in [4.69, 9.17) is 9.25 Å². The standard InChI is InChI=1S/C19H16N4O3/c1-12-11-25-19(21-12)13-4-2-6-15(8-13)22-18(24)17-9-16(23-26-17)14-5-3-7-20-10-14/h2-8,10-11,17H,9H2,1H3,(H,22,24)/t17-/m0/s1. The number of nitrogens with one attached hydrogen (secondary N) is 1. The quantitative estimate of drug-likeness (QED) is 0.782. The molecule has 3 aromatic rings. The molecule has 1 N–H and O–H groups in total. The summed E-state index contributed by atoms with van der Waals surface area (Å²) in [4.78, 5) is 26.1. The van der Waals surface area contributed by atoms with E-state index in [1.807, 2.05) is 31.2 Å². The van der Waals surface area contributed by atoms with Crippen molar-refractivity contribution in [2.45, 2.75) is 19.4 Å². The number of nitrogens with zero attached hydrogens (tertiary/aromatic N) is 3. The van der Waals surface area contributed by atoms with Crippen LogP contribution in [-0.2, 0) is 9.63 Å². The van der Waals surface area contributed by atoms with Crippen LogP contribution in [0.15, 0.2) is 64.6 Å². The molecule has 7 nitrogen and oxygen atoms in total. The first-order valence-electron chi connectivity index (χ1n) is 8.15. The monoisotopic (exact) mass is 348 g/mol. The van der Waals surface area contributed by atoms with Gasteiger partial charge in [-0.15, -0.1) is 0 Å². The van der Waals surface area contributed by atoms with Gasteiger partial charge < -0.3 is 14.6 Å². The van der Waals surface area contributed by atoms with Gasteiger partial charge in [0.05, 0.1) is 11.4 Å². The Bertz CT molecular complexity index is 966. The highest BCUT2D eigenvalue weighted by molar-refractivity contribution is 6.06. The fraction of sp³-hybridized carbons (Fsp3) is 0.158. The largest absolute Gasteiger partial charge is 0.444 e. The fourth-order valence-electron chi connectivity index (χ4n) is 2.66. The van der Waals surface area contributed by atoms with E-state index in [0.29, 0.717) is 23.7 Å². The van der Waals surface area contributed by atoms with Crippen LogP contribution in [0.25, 0.3) is 11.5 Å². The third-order valence-electron chi connectivity index (χ3n) is 3.95. The smallest absolute Gasteiger partial charge is 0.268 e. The van der Waals surface area contributed by atoms with Crippen LogP contribution in [0.4, 0.5) is 5.69 Å². The van der Waals surface area contributed by atoms with E-state index in [1.165, 1.54) is 0 Å². The Hall–Kier alpha value is -3.48. The van der Waals surface area contributed by atoms with Crippen molar-refractivity contribution in [3.8, 4) is 11.5 Å². The lowest BCUT2D eigenvalue weighted by Gasteiger charge is -2.10. The van der Waals surface area contributed by atoms with Crippen molar-refractivity contribution in [3.63, 3.8) is 0 Å². The third kappa shape index (κ3) is 3.32. The highest BCUT2D eigenvalue weighted by Crippen LogP contribution is 2.23. The number of pyridine rings is 1. The molecule has 3 heterocycles. The molecular weight excluding hydrogens is 332 g/mol. The van der Waals surface area contributed by atoms with E-state index in [9.17, 15) is 4.79 Å². The van der Waals surface area contributed by atoms with Gasteiger partial charge in [-0.25, -0.2) is 4.98 Å². The maximum absolute atomic E-state index is 12.5. The molecule has 130 valence electrons. The number of oxazole rings is 1. The van der Waals surface area contributed by atoms with Gasteiger partial charge in [-0.1, -0.05) is 11.2 Å². The van der Waals surface area contributed by atoms with Crippen molar-refractivity contribution in [1.29, 1.82) is 0 Å². The maximum Gasteiger partial charge on any atom is 0.268 e. The highest BCUT2D eigenvalue weighted by atomic mass is 16.6. The molecule has 0 unspecified atom stereocenters. The van der Waals surface area contributed by atoms with Gasteiger partial charge >= 0.3 is 0 Å². The second-order valence-electron chi connectivity index (χ2n) is 5.94. The molecule has 1 aliphatic heterocycles. The summed E-state index contributed by atoms with van der Waals surface area (Å²) >= 11 is 0. The van der Waals surface area contributed by atoms with Crippen molar-refractivity contribution < 1.29 is 14.0 Å². The van der Waals surface area contributed by atoms with Crippen molar-refractivity contribution in [2.75, 3.05) is 5.32 Å². The number of anilines is 1. The van der Waals surface area contributed by atoms with Crippen molar-refractivity contribution in [3.05, 3.63) is 66.3 Å². The third-order valence-corrected chi connectivity index (χ3v) is 3.95. The summed E-state index contributed by atoms with van der Waals surface area (Å²) in [6.07, 6.45) is 4.70. The van der Waals surface area contributed by atoms with E-state index in [0.717, 1.165) is 16.8 Å². The SMILES string of the molecule is Cc1coc(-c2cccc(NC(=O)[C@@H]3CC(c4cccnc4)=NO3)c2)n1. The number of carbonyl (C=O) groups excluding carboxylic acids is 1. The molecule has 0 radical (unpaired) electrons. The molecule has 0 spiro atoms. The van der Waals surface area contributed by atoms with Crippen LogP contribution in [0.5, 0.6) is 0 Å². The van der Waals surface area contributed by atoms with Crippen LogP contribution in [0.3, 0.4) is 0 Å². The van der Waals surface area contributed by atoms with Gasteiger partial charge in [0.25, 0.3) is 5.91 Å². The molecule has 0 bridgehead atoms. The van der Waals surface area contributed by atoms with Crippen LogP contribution < -0.4 is 5.32 Å². The zero-order valence-electron chi connectivity index (χ0n) is 14.0. The second-order valence-corrected chi connectivity index (χ2v) is 5.94. The van der Waals surface area contributed by atoms with Crippen molar-refractivity contribution in [2.24, 2.45) is 5.16 Å². The zero-order chi connectivity index (χ0) is 17.9. The predicted molar refractivity (Wildman–Crippen MR) is 95.6 cm³/mol. The van der Waals surface area contributed by atoms with Gasteiger partial charge in [-0.05, 0) is 37.3 Å². The summed E-state index contributed by atoms with van der Waals surface area (Å²) < 4.78 is 5.40. The Balaban J connectivity index is 1.43. The first kappa shape index (κ1) is 16.0. The summed E-state index contributed by atoms with van der Waals surface area (Å²) in [5, 5.41) is 6.86. The fourth-order valence-corrected chi connectivity index (χ4v) is 2.66. The highest BCUT2D eigenvalue weighted by Gasteiger charge is 2.29. The normalized spacial score (nSPS) is 16.0. The van der Waals surface area contributed by atoms with Crippen LogP contribution in [0.2, 0.25) is 0 Å². The van der Waals surface area contributed by atoms with Crippen LogP contribution >= 0.6 is 0 Å². The van der Waals surface area contributed by atoms with E-state index >= 15 is 0 Å². The zero-order valence-corrected chi connectivity index (χ0v) is 14.0. The summed E-state index contributed by atoms with van der Waals surface area (Å²) in [5.74, 6) is 0.256. The van der Waals surface area contributed by atoms with Crippen LogP contribution in [0, 0.1) is 6.92 Å². The number of hydrogen-bond acceptors (Lipinski definition) is 6. The van der Waals surface area contributed by atoms with E-state index in [1.54, 1.807) is 30.8 Å². The number of rotatable bonds is 4. The van der Waals surface area contributed by atoms with Gasteiger partial charge in [-0.2, -0.15) is 0 Å². The number of hydrogen-bond donors (Lipinski definition) is 1. The summed E-state index contributed by atoms with van der Waals surface area (Å²) in [6.45, 7) is 1.86. The topological polar surface area (TPSA) is 89.6 Å². The Morgan fingerprint density at radius 3 is 2.88 bits per heavy atom. The number of benzene rings is 1. The Kier molecular flexibility index (Phi) is 4.18. The Morgan fingerprint density at radius 1 is 1.23 bits per heavy atom. The number of aryl methyl sites for hydroxylation is 1. The minimum atomic E-state index is -0.669. The molecule has 2 aromatic heterocycles. The summed E-state index contributed by atoms with van der Waals surface area (Å²) in [6, 6.07) is 11.0. The minimum Gasteiger partial charge on any atom is -0.444 e. The van der Waals surface area contributed by atoms with Crippen molar-refractivity contribution in [1.82, 2.24) is 9.97 Å². The van der Waals surface area contributed by atoms with Gasteiger partial charge in [0, 0.05) is 35.6 Å². The van der Waals surface area contributed by atoms with E-state index < -0.39 is 6.10 Å². The molecule has 26 heavy (non-hydrogen) atoms. The molecule has 1 aromatic carbocycles. The molecule has 0 saturated heterocycles. The minimum absolute atomic E-state index is 0.256. The first-order chi connectivity index (χ1) is 12.7. The average Bonchev–Trinajstić information content (AvgIpc) is 3.32. The Labute approximate surface area is 149 Å². The molecule has 1 atom stereocenters.